The smallest absolute Gasteiger partial charge is 0.329 e. The summed E-state index contributed by atoms with van der Waals surface area (Å²) in [6.45, 7) is 5.65. The zero-order valence-electron chi connectivity index (χ0n) is 29.5. The molecular formula is C38H49N7O6. The van der Waals surface area contributed by atoms with Crippen molar-refractivity contribution in [3.63, 3.8) is 0 Å². The number of H-pyrrole nitrogens is 1. The third kappa shape index (κ3) is 11.3. The molecular weight excluding hydrogens is 650 g/mol. The first-order valence-corrected chi connectivity index (χ1v) is 17.6. The van der Waals surface area contributed by atoms with Gasteiger partial charge in [-0.3, -0.25) is 14.9 Å². The van der Waals surface area contributed by atoms with Crippen molar-refractivity contribution in [2.45, 2.75) is 57.0 Å². The van der Waals surface area contributed by atoms with Crippen LogP contribution in [-0.4, -0.2) is 95.2 Å². The quantitative estimate of drug-likeness (QED) is 0.0868. The first kappa shape index (κ1) is 37.4. The number of carbonyl (C=O) groups is 2. The van der Waals surface area contributed by atoms with Gasteiger partial charge in [-0.15, -0.1) is 0 Å². The van der Waals surface area contributed by atoms with Gasteiger partial charge in [0.1, 0.15) is 12.4 Å². The lowest BCUT2D eigenvalue weighted by atomic mass is 9.86. The molecule has 4 N–H and O–H groups in total. The number of amides is 1. The van der Waals surface area contributed by atoms with Crippen LogP contribution in [0.3, 0.4) is 0 Å². The minimum absolute atomic E-state index is 0.162. The summed E-state index contributed by atoms with van der Waals surface area (Å²) in [5.74, 6) is 1.04. The normalized spacial score (nSPS) is 14.9. The number of hydrogen-bond acceptors (Lipinski definition) is 10. The van der Waals surface area contributed by atoms with Crippen LogP contribution in [0.4, 0.5) is 5.69 Å². The van der Waals surface area contributed by atoms with Gasteiger partial charge in [-0.2, -0.15) is 5.10 Å². The molecule has 13 heteroatoms. The van der Waals surface area contributed by atoms with Gasteiger partial charge in [0.2, 0.25) is 0 Å². The van der Waals surface area contributed by atoms with Gasteiger partial charge in [0.25, 0.3) is 5.91 Å². The number of nitrogens with zero attached hydrogens (tertiary/aromatic N) is 4. The van der Waals surface area contributed by atoms with E-state index < -0.39 is 11.5 Å². The van der Waals surface area contributed by atoms with Crippen LogP contribution in [0.25, 0.3) is 11.4 Å². The molecule has 0 unspecified atom stereocenters. The molecule has 13 nitrogen and oxygen atoms in total. The van der Waals surface area contributed by atoms with E-state index >= 15 is 0 Å². The first-order chi connectivity index (χ1) is 24.8. The maximum Gasteiger partial charge on any atom is 0.329 e. The molecule has 1 amide bonds. The molecule has 1 fully saturated rings. The van der Waals surface area contributed by atoms with Crippen molar-refractivity contribution in [2.75, 3.05) is 58.5 Å². The Morgan fingerprint density at radius 3 is 2.49 bits per heavy atom. The number of aromatic nitrogens is 4. The fourth-order valence-corrected chi connectivity index (χ4v) is 5.98. The van der Waals surface area contributed by atoms with Gasteiger partial charge in [-0.25, -0.2) is 9.78 Å². The predicted octanol–water partition coefficient (Wildman–Crippen LogP) is 5.45. The van der Waals surface area contributed by atoms with Crippen LogP contribution in [0.5, 0.6) is 5.75 Å². The second kappa shape index (κ2) is 18.9. The number of benzene rings is 2. The highest BCUT2D eigenvalue weighted by Crippen LogP contribution is 2.35. The van der Waals surface area contributed by atoms with Gasteiger partial charge in [-0.05, 0) is 101 Å². The Bertz CT molecular complexity index is 1680. The van der Waals surface area contributed by atoms with Crippen LogP contribution < -0.4 is 15.4 Å². The Morgan fingerprint density at radius 2 is 1.69 bits per heavy atom. The van der Waals surface area contributed by atoms with Crippen molar-refractivity contribution in [3.05, 3.63) is 90.0 Å². The van der Waals surface area contributed by atoms with Crippen LogP contribution in [0.15, 0.2) is 73.1 Å². The van der Waals surface area contributed by atoms with Gasteiger partial charge >= 0.3 is 5.97 Å². The number of piperidine rings is 1. The summed E-state index contributed by atoms with van der Waals surface area (Å²) >= 11 is 0. The lowest BCUT2D eigenvalue weighted by molar-refractivity contribution is -0.142. The maximum absolute atomic E-state index is 13.5. The summed E-state index contributed by atoms with van der Waals surface area (Å²) in [5.41, 5.74) is 2.79. The minimum Gasteiger partial charge on any atom is -0.494 e. The van der Waals surface area contributed by atoms with E-state index in [1.165, 1.54) is 0 Å². The zero-order chi connectivity index (χ0) is 35.9. The van der Waals surface area contributed by atoms with Crippen LogP contribution in [-0.2, 0) is 19.8 Å². The number of nitrogens with one attached hydrogen (secondary N) is 3. The van der Waals surface area contributed by atoms with Gasteiger partial charge in [-0.1, -0.05) is 18.2 Å². The van der Waals surface area contributed by atoms with Crippen LogP contribution in [0, 0.1) is 0 Å². The van der Waals surface area contributed by atoms with Crippen LogP contribution in [0.1, 0.15) is 73.2 Å². The Hall–Kier alpha value is -4.85. The fraction of sp³-hybridized carbons (Fsp3) is 0.447. The molecule has 1 saturated heterocycles. The molecule has 272 valence electrons. The van der Waals surface area contributed by atoms with E-state index in [9.17, 15) is 9.59 Å². The Balaban J connectivity index is 1.10. The second-order valence-electron chi connectivity index (χ2n) is 12.9. The Labute approximate surface area is 299 Å². The summed E-state index contributed by atoms with van der Waals surface area (Å²) in [6, 6.07) is 19.0. The second-order valence-corrected chi connectivity index (χ2v) is 12.9. The topological polar surface area (TPSA) is 164 Å². The van der Waals surface area contributed by atoms with Gasteiger partial charge in [0, 0.05) is 62.1 Å². The van der Waals surface area contributed by atoms with E-state index in [0.717, 1.165) is 73.6 Å². The highest BCUT2D eigenvalue weighted by molar-refractivity contribution is 5.95. The van der Waals surface area contributed by atoms with Crippen LogP contribution in [0.2, 0.25) is 0 Å². The molecule has 0 aliphatic carbocycles. The number of ether oxygens (including phenoxy) is 3. The van der Waals surface area contributed by atoms with Crippen molar-refractivity contribution in [1.82, 2.24) is 30.4 Å². The lowest BCUT2D eigenvalue weighted by Gasteiger charge is -2.40. The lowest BCUT2D eigenvalue weighted by Crippen LogP contribution is -2.46. The van der Waals surface area contributed by atoms with E-state index in [4.69, 9.17) is 24.3 Å². The van der Waals surface area contributed by atoms with Crippen molar-refractivity contribution in [3.8, 4) is 17.1 Å². The number of carboxylic acid groups (broad SMARTS) is 1. The number of carboxylic acids is 1. The molecule has 51 heavy (non-hydrogen) atoms. The monoisotopic (exact) mass is 699 g/mol. The van der Waals surface area contributed by atoms with Crippen molar-refractivity contribution >= 4 is 17.6 Å². The number of unbranched alkanes of at least 4 members (excludes halogenated alkanes) is 2. The fourth-order valence-electron chi connectivity index (χ4n) is 5.98. The van der Waals surface area contributed by atoms with Crippen molar-refractivity contribution in [1.29, 1.82) is 0 Å². The molecule has 2 aromatic carbocycles. The van der Waals surface area contributed by atoms with E-state index in [-0.39, 0.29) is 18.6 Å². The first-order valence-electron chi connectivity index (χ1n) is 17.6. The standard InChI is InChI=1S/C38H49N7O6/c1-28(30-9-7-12-33(26-30)51-24-5-3-4-21-49-22-8-23-50-27-34(46)47)40-36(48)31-10-6-11-32(25-31)42-38(15-19-45(2)20-16-38)37-41-35(43-44-37)29-13-17-39-18-14-29/h6-7,9-14,17-18,25-26,28,42H,3-5,8,15-16,19-24,27H2,1-2H3,(H,40,48)(H,46,47)(H,41,43,44)/t28-/m0/s1. The number of pyridine rings is 1. The molecule has 1 aliphatic heterocycles. The van der Waals surface area contributed by atoms with Gasteiger partial charge < -0.3 is 34.9 Å². The molecule has 0 saturated carbocycles. The summed E-state index contributed by atoms with van der Waals surface area (Å²) in [6.07, 6.45) is 8.57. The van der Waals surface area contributed by atoms with E-state index in [1.54, 1.807) is 12.4 Å². The average molecular weight is 700 g/mol. The molecule has 2 aromatic heterocycles. The molecule has 5 rings (SSSR count). The number of aromatic amines is 1. The van der Waals surface area contributed by atoms with Gasteiger partial charge in [0.05, 0.1) is 18.2 Å². The third-order valence-corrected chi connectivity index (χ3v) is 8.94. The van der Waals surface area contributed by atoms with Crippen LogP contribution >= 0.6 is 0 Å². The minimum atomic E-state index is -0.962. The number of anilines is 1. The number of carbonyl (C=O) groups excluding carboxylic acids is 1. The van der Waals surface area contributed by atoms with E-state index in [2.05, 4.69) is 37.8 Å². The Kier molecular flexibility index (Phi) is 13.9. The molecule has 1 atom stereocenters. The molecule has 1 aliphatic rings. The number of aliphatic carboxylic acids is 1. The number of rotatable bonds is 20. The zero-order valence-corrected chi connectivity index (χ0v) is 29.5. The molecule has 0 spiro atoms. The summed E-state index contributed by atoms with van der Waals surface area (Å²) < 4.78 is 16.6. The van der Waals surface area contributed by atoms with E-state index in [1.807, 2.05) is 67.6 Å². The molecule has 4 aromatic rings. The number of likely N-dealkylation sites (tertiary alicyclic amines) is 1. The molecule has 3 heterocycles. The molecule has 0 radical (unpaired) electrons. The summed E-state index contributed by atoms with van der Waals surface area (Å²) in [5, 5.41) is 23.2. The molecule has 0 bridgehead atoms. The van der Waals surface area contributed by atoms with E-state index in [0.29, 0.717) is 44.2 Å². The maximum atomic E-state index is 13.5. The van der Waals surface area contributed by atoms with Crippen molar-refractivity contribution < 1.29 is 28.9 Å². The largest absolute Gasteiger partial charge is 0.494 e. The SMILES string of the molecule is C[C@H](NC(=O)c1cccc(NC2(c3nc(-c4ccncc4)n[nH]3)CCN(C)CC2)c1)c1cccc(OCCCCCOCCCOCC(=O)O)c1. The van der Waals surface area contributed by atoms with Gasteiger partial charge in [0.15, 0.2) is 11.6 Å². The highest BCUT2D eigenvalue weighted by atomic mass is 16.5. The highest BCUT2D eigenvalue weighted by Gasteiger charge is 2.39. The predicted molar refractivity (Wildman–Crippen MR) is 194 cm³/mol. The summed E-state index contributed by atoms with van der Waals surface area (Å²) in [4.78, 5) is 35.2. The third-order valence-electron chi connectivity index (χ3n) is 8.94. The summed E-state index contributed by atoms with van der Waals surface area (Å²) in [7, 11) is 2.12. The average Bonchev–Trinajstić information content (AvgIpc) is 3.65. The number of hydrogen-bond donors (Lipinski definition) is 4. The van der Waals surface area contributed by atoms with Crippen molar-refractivity contribution in [2.24, 2.45) is 0 Å². The Morgan fingerprint density at radius 1 is 0.941 bits per heavy atom.